The fraction of sp³-hybridized carbons (Fsp3) is 0.188. The molecule has 0 aromatic heterocycles. The van der Waals surface area contributed by atoms with Crippen LogP contribution in [0.25, 0.3) is 0 Å². The predicted molar refractivity (Wildman–Crippen MR) is 89.5 cm³/mol. The number of anilines is 1. The van der Waals surface area contributed by atoms with Crippen LogP contribution in [0.5, 0.6) is 0 Å². The second-order valence-electron chi connectivity index (χ2n) is 5.25. The van der Waals surface area contributed by atoms with Gasteiger partial charge in [-0.05, 0) is 30.7 Å². The average Bonchev–Trinajstić information content (AvgIpc) is 2.56. The van der Waals surface area contributed by atoms with Gasteiger partial charge in [0.2, 0.25) is 5.91 Å². The van der Waals surface area contributed by atoms with E-state index in [1.165, 1.54) is 18.2 Å². The molecule has 1 amide bonds. The molecular formula is C16H14ClF2N3O3. The third kappa shape index (κ3) is 4.94. The van der Waals surface area contributed by atoms with Gasteiger partial charge in [-0.3, -0.25) is 14.9 Å². The van der Waals surface area contributed by atoms with Crippen LogP contribution < -0.4 is 10.6 Å². The lowest BCUT2D eigenvalue weighted by Gasteiger charge is -2.14. The zero-order valence-corrected chi connectivity index (χ0v) is 13.8. The van der Waals surface area contributed by atoms with Crippen LogP contribution >= 0.6 is 11.6 Å². The number of hydrogen-bond acceptors (Lipinski definition) is 4. The zero-order valence-electron chi connectivity index (χ0n) is 13.1. The van der Waals surface area contributed by atoms with Gasteiger partial charge in [0.05, 0.1) is 22.2 Å². The van der Waals surface area contributed by atoms with E-state index in [1.807, 2.05) is 0 Å². The number of rotatable bonds is 6. The Hall–Kier alpha value is -2.58. The average molecular weight is 370 g/mol. The van der Waals surface area contributed by atoms with Crippen LogP contribution in [0.1, 0.15) is 18.5 Å². The third-order valence-corrected chi connectivity index (χ3v) is 3.76. The highest BCUT2D eigenvalue weighted by Crippen LogP contribution is 2.26. The number of halogens is 3. The molecule has 0 aliphatic rings. The Morgan fingerprint density at radius 1 is 1.24 bits per heavy atom. The van der Waals surface area contributed by atoms with Crippen molar-refractivity contribution in [2.75, 3.05) is 11.9 Å². The van der Waals surface area contributed by atoms with Gasteiger partial charge in [0.1, 0.15) is 0 Å². The second kappa shape index (κ2) is 8.00. The molecule has 6 nitrogen and oxygen atoms in total. The molecule has 2 aromatic rings. The molecule has 2 N–H and O–H groups in total. The maximum Gasteiger partial charge on any atom is 0.271 e. The van der Waals surface area contributed by atoms with Gasteiger partial charge >= 0.3 is 0 Å². The van der Waals surface area contributed by atoms with Crippen LogP contribution in [-0.2, 0) is 4.79 Å². The van der Waals surface area contributed by atoms with Crippen LogP contribution in [0.4, 0.5) is 20.2 Å². The lowest BCUT2D eigenvalue weighted by molar-refractivity contribution is -0.384. The van der Waals surface area contributed by atoms with Crippen molar-refractivity contribution in [3.63, 3.8) is 0 Å². The van der Waals surface area contributed by atoms with E-state index in [9.17, 15) is 23.7 Å². The minimum atomic E-state index is -0.965. The summed E-state index contributed by atoms with van der Waals surface area (Å²) in [6.07, 6.45) is 0. The number of nitro groups is 1. The van der Waals surface area contributed by atoms with Crippen molar-refractivity contribution in [2.24, 2.45) is 0 Å². The van der Waals surface area contributed by atoms with Crippen LogP contribution in [-0.4, -0.2) is 17.4 Å². The molecule has 0 unspecified atom stereocenters. The SMILES string of the molecule is C[C@@H](NCC(=O)Nc1ccc([N+](=O)[O-])cc1Cl)c1ccc(F)c(F)c1. The Balaban J connectivity index is 1.94. The molecule has 0 saturated carbocycles. The summed E-state index contributed by atoms with van der Waals surface area (Å²) >= 11 is 5.89. The summed E-state index contributed by atoms with van der Waals surface area (Å²) in [5.74, 6) is -2.35. The van der Waals surface area contributed by atoms with E-state index in [-0.39, 0.29) is 22.9 Å². The molecule has 2 rings (SSSR count). The number of carbonyl (C=O) groups excluding carboxylic acids is 1. The highest BCUT2D eigenvalue weighted by molar-refractivity contribution is 6.34. The summed E-state index contributed by atoms with van der Waals surface area (Å²) in [5.41, 5.74) is 0.535. The van der Waals surface area contributed by atoms with Gasteiger partial charge in [-0.1, -0.05) is 17.7 Å². The summed E-state index contributed by atoms with van der Waals surface area (Å²) in [4.78, 5) is 22.0. The van der Waals surface area contributed by atoms with Gasteiger partial charge in [0.25, 0.3) is 5.69 Å². The number of non-ortho nitro benzene ring substituents is 1. The fourth-order valence-corrected chi connectivity index (χ4v) is 2.28. The van der Waals surface area contributed by atoms with Crippen molar-refractivity contribution < 1.29 is 18.5 Å². The molecule has 1 atom stereocenters. The summed E-state index contributed by atoms with van der Waals surface area (Å²) in [6, 6.07) is 6.77. The minimum absolute atomic E-state index is 0.0382. The highest BCUT2D eigenvalue weighted by Gasteiger charge is 2.13. The summed E-state index contributed by atoms with van der Waals surface area (Å²) in [6.45, 7) is 1.58. The number of carbonyl (C=O) groups is 1. The van der Waals surface area contributed by atoms with Crippen LogP contribution in [0.3, 0.4) is 0 Å². The predicted octanol–water partition coefficient (Wildman–Crippen LogP) is 3.82. The molecule has 132 valence electrons. The number of hydrogen-bond donors (Lipinski definition) is 2. The molecule has 2 aromatic carbocycles. The maximum absolute atomic E-state index is 13.2. The molecule has 0 aliphatic heterocycles. The Kier molecular flexibility index (Phi) is 6.00. The van der Waals surface area contributed by atoms with E-state index in [1.54, 1.807) is 6.92 Å². The lowest BCUT2D eigenvalue weighted by atomic mass is 10.1. The van der Waals surface area contributed by atoms with E-state index >= 15 is 0 Å². The first-order chi connectivity index (χ1) is 11.8. The Labute approximate surface area is 146 Å². The van der Waals surface area contributed by atoms with Gasteiger partial charge in [-0.25, -0.2) is 8.78 Å². The Morgan fingerprint density at radius 3 is 2.56 bits per heavy atom. The maximum atomic E-state index is 13.2. The summed E-state index contributed by atoms with van der Waals surface area (Å²) in [7, 11) is 0. The smallest absolute Gasteiger partial charge is 0.271 e. The van der Waals surface area contributed by atoms with E-state index in [0.29, 0.717) is 5.56 Å². The Bertz CT molecular complexity index is 817. The second-order valence-corrected chi connectivity index (χ2v) is 5.65. The number of nitrogens with one attached hydrogen (secondary N) is 2. The molecular weight excluding hydrogens is 356 g/mol. The molecule has 0 fully saturated rings. The number of benzene rings is 2. The largest absolute Gasteiger partial charge is 0.324 e. The van der Waals surface area contributed by atoms with Gasteiger partial charge in [0, 0.05) is 18.2 Å². The van der Waals surface area contributed by atoms with Gasteiger partial charge in [-0.15, -0.1) is 0 Å². The quantitative estimate of drug-likeness (QED) is 0.599. The van der Waals surface area contributed by atoms with Crippen molar-refractivity contribution in [3.8, 4) is 0 Å². The van der Waals surface area contributed by atoms with E-state index in [2.05, 4.69) is 10.6 Å². The zero-order chi connectivity index (χ0) is 18.6. The molecule has 0 aliphatic carbocycles. The standard InChI is InChI=1S/C16H14ClF2N3O3/c1-9(10-2-4-13(18)14(19)6-10)20-8-16(23)21-15-5-3-11(22(24)25)7-12(15)17/h2-7,9,20H,8H2,1H3,(H,21,23)/t9-/m1/s1. The lowest BCUT2D eigenvalue weighted by Crippen LogP contribution is -2.30. The molecule has 0 radical (unpaired) electrons. The summed E-state index contributed by atoms with van der Waals surface area (Å²) in [5, 5.41) is 16.1. The van der Waals surface area contributed by atoms with Crippen LogP contribution in [0.15, 0.2) is 36.4 Å². The first kappa shape index (κ1) is 18.8. The van der Waals surface area contributed by atoms with Gasteiger partial charge in [0.15, 0.2) is 11.6 Å². The first-order valence-electron chi connectivity index (χ1n) is 7.20. The van der Waals surface area contributed by atoms with Gasteiger partial charge in [-0.2, -0.15) is 0 Å². The first-order valence-corrected chi connectivity index (χ1v) is 7.58. The van der Waals surface area contributed by atoms with E-state index < -0.39 is 28.5 Å². The normalized spacial score (nSPS) is 11.8. The number of amides is 1. The van der Waals surface area contributed by atoms with Crippen LogP contribution in [0, 0.1) is 21.7 Å². The monoisotopic (exact) mass is 369 g/mol. The van der Waals surface area contributed by atoms with Gasteiger partial charge < -0.3 is 10.6 Å². The molecule has 0 bridgehead atoms. The Morgan fingerprint density at radius 2 is 1.96 bits per heavy atom. The highest BCUT2D eigenvalue weighted by atomic mass is 35.5. The third-order valence-electron chi connectivity index (χ3n) is 3.45. The number of nitro benzene ring substituents is 1. The van der Waals surface area contributed by atoms with Crippen molar-refractivity contribution in [3.05, 3.63) is 68.7 Å². The minimum Gasteiger partial charge on any atom is -0.324 e. The van der Waals surface area contributed by atoms with E-state index in [0.717, 1.165) is 18.2 Å². The number of nitrogens with zero attached hydrogens (tertiary/aromatic N) is 1. The van der Waals surface area contributed by atoms with Crippen molar-refractivity contribution >= 4 is 28.9 Å². The molecule has 0 spiro atoms. The molecule has 25 heavy (non-hydrogen) atoms. The summed E-state index contributed by atoms with van der Waals surface area (Å²) < 4.78 is 26.1. The van der Waals surface area contributed by atoms with Crippen LogP contribution in [0.2, 0.25) is 5.02 Å². The topological polar surface area (TPSA) is 84.3 Å². The van der Waals surface area contributed by atoms with Crippen molar-refractivity contribution in [1.29, 1.82) is 0 Å². The molecule has 0 heterocycles. The van der Waals surface area contributed by atoms with Crippen molar-refractivity contribution in [1.82, 2.24) is 5.32 Å². The molecule has 0 saturated heterocycles. The van der Waals surface area contributed by atoms with E-state index in [4.69, 9.17) is 11.6 Å². The van der Waals surface area contributed by atoms with Crippen molar-refractivity contribution in [2.45, 2.75) is 13.0 Å². The fourth-order valence-electron chi connectivity index (χ4n) is 2.06. The molecule has 9 heteroatoms.